The number of hydrogen-bond acceptors (Lipinski definition) is 6. The Morgan fingerprint density at radius 2 is 1.69 bits per heavy atom. The molecule has 1 aromatic heterocycles. The van der Waals surface area contributed by atoms with E-state index >= 15 is 0 Å². The Morgan fingerprint density at radius 3 is 2.31 bits per heavy atom. The van der Waals surface area contributed by atoms with Gasteiger partial charge in [-0.05, 0) is 44.2 Å². The number of hydrogen-bond donors (Lipinski definition) is 0. The van der Waals surface area contributed by atoms with Crippen LogP contribution in [0.15, 0.2) is 9.70 Å². The smallest absolute Gasteiger partial charge is 0.270 e. The van der Waals surface area contributed by atoms with E-state index < -0.39 is 0 Å². The maximum absolute atomic E-state index is 13.3. The summed E-state index contributed by atoms with van der Waals surface area (Å²) in [7, 11) is 0. The van der Waals surface area contributed by atoms with E-state index in [2.05, 4.69) is 17.9 Å². The zero-order valence-corrected chi connectivity index (χ0v) is 23.0. The van der Waals surface area contributed by atoms with E-state index in [0.29, 0.717) is 27.9 Å². The SMILES string of the molecule is CCCCCCCN1C(=O)/C(=C/c2c(C)c(C#N)c(=O)n(CCC)c2N2CCCCCC2)SC1=S. The van der Waals surface area contributed by atoms with Gasteiger partial charge in [0.2, 0.25) is 0 Å². The third kappa shape index (κ3) is 6.37. The lowest BCUT2D eigenvalue weighted by atomic mass is 10.0. The van der Waals surface area contributed by atoms with Crippen LogP contribution in [0, 0.1) is 18.3 Å². The molecule has 0 aliphatic carbocycles. The molecule has 3 rings (SSSR count). The van der Waals surface area contributed by atoms with Gasteiger partial charge in [-0.1, -0.05) is 76.4 Å². The van der Waals surface area contributed by atoms with Crippen molar-refractivity contribution < 1.29 is 4.79 Å². The fourth-order valence-electron chi connectivity index (χ4n) is 4.90. The van der Waals surface area contributed by atoms with Gasteiger partial charge in [0.05, 0.1) is 4.91 Å². The summed E-state index contributed by atoms with van der Waals surface area (Å²) in [6.07, 6.45) is 12.8. The number of unbranched alkanes of at least 4 members (excludes halogenated alkanes) is 4. The monoisotopic (exact) mass is 514 g/mol. The van der Waals surface area contributed by atoms with Gasteiger partial charge in [-0.25, -0.2) is 0 Å². The molecule has 0 aromatic carbocycles. The van der Waals surface area contributed by atoms with Gasteiger partial charge < -0.3 is 4.90 Å². The fourth-order valence-corrected chi connectivity index (χ4v) is 6.19. The first-order chi connectivity index (χ1) is 16.9. The van der Waals surface area contributed by atoms with Crippen LogP contribution in [0.3, 0.4) is 0 Å². The molecule has 1 amide bonds. The predicted octanol–water partition coefficient (Wildman–Crippen LogP) is 5.99. The van der Waals surface area contributed by atoms with Gasteiger partial charge in [0.15, 0.2) is 0 Å². The van der Waals surface area contributed by atoms with Crippen LogP contribution in [0.5, 0.6) is 0 Å². The summed E-state index contributed by atoms with van der Waals surface area (Å²) in [5.74, 6) is 0.781. The summed E-state index contributed by atoms with van der Waals surface area (Å²) >= 11 is 6.90. The van der Waals surface area contributed by atoms with Crippen LogP contribution >= 0.6 is 24.0 Å². The van der Waals surface area contributed by atoms with Crippen molar-refractivity contribution in [1.82, 2.24) is 9.47 Å². The number of amides is 1. The highest BCUT2D eigenvalue weighted by Gasteiger charge is 2.33. The average molecular weight is 515 g/mol. The largest absolute Gasteiger partial charge is 0.357 e. The molecule has 6 nitrogen and oxygen atoms in total. The van der Waals surface area contributed by atoms with E-state index in [0.717, 1.165) is 56.6 Å². The summed E-state index contributed by atoms with van der Waals surface area (Å²) in [5, 5.41) is 9.82. The minimum atomic E-state index is -0.233. The van der Waals surface area contributed by atoms with Crippen LogP contribution in [0.25, 0.3) is 6.08 Å². The molecule has 1 aromatic rings. The molecule has 2 fully saturated rings. The summed E-state index contributed by atoms with van der Waals surface area (Å²) < 4.78 is 2.35. The molecule has 190 valence electrons. The quantitative estimate of drug-likeness (QED) is 0.217. The molecule has 0 radical (unpaired) electrons. The zero-order valence-electron chi connectivity index (χ0n) is 21.4. The zero-order chi connectivity index (χ0) is 25.4. The van der Waals surface area contributed by atoms with Gasteiger partial charge in [0.1, 0.15) is 21.8 Å². The van der Waals surface area contributed by atoms with E-state index in [1.54, 1.807) is 9.47 Å². The average Bonchev–Trinajstić information content (AvgIpc) is 3.01. The van der Waals surface area contributed by atoms with E-state index in [-0.39, 0.29) is 17.0 Å². The predicted molar refractivity (Wildman–Crippen MR) is 150 cm³/mol. The molecular weight excluding hydrogens is 476 g/mol. The second-order valence-corrected chi connectivity index (χ2v) is 11.1. The summed E-state index contributed by atoms with van der Waals surface area (Å²) in [5.41, 5.74) is 1.38. The number of aromatic nitrogens is 1. The lowest BCUT2D eigenvalue weighted by molar-refractivity contribution is -0.122. The van der Waals surface area contributed by atoms with Crippen molar-refractivity contribution in [2.75, 3.05) is 24.5 Å². The molecule has 2 aliphatic rings. The second kappa shape index (κ2) is 13.3. The molecule has 0 saturated carbocycles. The highest BCUT2D eigenvalue weighted by Crippen LogP contribution is 2.36. The number of rotatable bonds is 10. The molecule has 8 heteroatoms. The second-order valence-electron chi connectivity index (χ2n) is 9.45. The van der Waals surface area contributed by atoms with Crippen molar-refractivity contribution >= 4 is 46.1 Å². The van der Waals surface area contributed by atoms with Crippen molar-refractivity contribution in [3.8, 4) is 6.07 Å². The van der Waals surface area contributed by atoms with Gasteiger partial charge in [0, 0.05) is 31.7 Å². The Morgan fingerprint density at radius 1 is 1.00 bits per heavy atom. The standard InChI is InChI=1S/C27H38N4O2S2/c1-4-6-7-8-13-17-31-26(33)23(35-27(31)34)18-21-20(3)22(19-28)25(32)30(14-5-2)24(21)29-15-11-9-10-12-16-29/h18H,4-17H2,1-3H3/b23-18-. The number of carbonyl (C=O) groups is 1. The topological polar surface area (TPSA) is 69.3 Å². The number of nitrogens with zero attached hydrogens (tertiary/aromatic N) is 4. The number of pyridine rings is 1. The Balaban J connectivity index is 2.03. The number of thioether (sulfide) groups is 1. The Hall–Kier alpha value is -2.11. The van der Waals surface area contributed by atoms with Crippen molar-refractivity contribution in [2.24, 2.45) is 0 Å². The molecule has 0 atom stereocenters. The third-order valence-corrected chi connectivity index (χ3v) is 8.21. The molecule has 2 aliphatic heterocycles. The van der Waals surface area contributed by atoms with Gasteiger partial charge in [-0.15, -0.1) is 0 Å². The van der Waals surface area contributed by atoms with Crippen LogP contribution in [-0.2, 0) is 11.3 Å². The normalized spacial score (nSPS) is 17.8. The van der Waals surface area contributed by atoms with E-state index in [4.69, 9.17) is 12.2 Å². The molecule has 0 spiro atoms. The first-order valence-corrected chi connectivity index (χ1v) is 14.3. The van der Waals surface area contributed by atoms with Crippen molar-refractivity contribution in [3.63, 3.8) is 0 Å². The van der Waals surface area contributed by atoms with Crippen LogP contribution in [0.1, 0.15) is 94.7 Å². The van der Waals surface area contributed by atoms with Crippen molar-refractivity contribution in [2.45, 2.75) is 91.5 Å². The molecule has 0 unspecified atom stereocenters. The molecule has 2 saturated heterocycles. The van der Waals surface area contributed by atoms with E-state index in [1.165, 1.54) is 43.9 Å². The molecular formula is C27H38N4O2S2. The summed E-state index contributed by atoms with van der Waals surface area (Å²) in [4.78, 5) is 31.2. The Bertz CT molecular complexity index is 1060. The lowest BCUT2D eigenvalue weighted by Crippen LogP contribution is -2.35. The van der Waals surface area contributed by atoms with Gasteiger partial charge in [-0.2, -0.15) is 5.26 Å². The molecule has 3 heterocycles. The van der Waals surface area contributed by atoms with E-state index in [9.17, 15) is 14.9 Å². The third-order valence-electron chi connectivity index (χ3n) is 6.83. The van der Waals surface area contributed by atoms with Crippen LogP contribution in [0.4, 0.5) is 5.82 Å². The Kier molecular flexibility index (Phi) is 10.4. The first kappa shape index (κ1) is 27.5. The number of nitriles is 1. The Labute approximate surface area is 219 Å². The van der Waals surface area contributed by atoms with Gasteiger partial charge >= 0.3 is 0 Å². The molecule has 0 N–H and O–H groups in total. The number of carbonyl (C=O) groups excluding carboxylic acids is 1. The minimum Gasteiger partial charge on any atom is -0.357 e. The van der Waals surface area contributed by atoms with Gasteiger partial charge in [0.25, 0.3) is 11.5 Å². The van der Waals surface area contributed by atoms with Crippen molar-refractivity contribution in [1.29, 1.82) is 5.26 Å². The van der Waals surface area contributed by atoms with Gasteiger partial charge in [-0.3, -0.25) is 19.1 Å². The number of thiocarbonyl (C=S) groups is 1. The maximum atomic E-state index is 13.3. The maximum Gasteiger partial charge on any atom is 0.270 e. The summed E-state index contributed by atoms with van der Waals surface area (Å²) in [6, 6.07) is 2.13. The van der Waals surface area contributed by atoms with Crippen LogP contribution in [-0.4, -0.2) is 39.3 Å². The highest BCUT2D eigenvalue weighted by atomic mass is 32.2. The van der Waals surface area contributed by atoms with Crippen LogP contribution in [0.2, 0.25) is 0 Å². The molecule has 35 heavy (non-hydrogen) atoms. The summed E-state index contributed by atoms with van der Waals surface area (Å²) in [6.45, 7) is 8.98. The lowest BCUT2D eigenvalue weighted by Gasteiger charge is -2.29. The minimum absolute atomic E-state index is 0.0662. The number of anilines is 1. The fraction of sp³-hybridized carbons (Fsp3) is 0.630. The first-order valence-electron chi connectivity index (χ1n) is 13.1. The van der Waals surface area contributed by atoms with E-state index in [1.807, 2.05) is 19.9 Å². The van der Waals surface area contributed by atoms with Crippen molar-refractivity contribution in [3.05, 3.63) is 31.9 Å². The molecule has 0 bridgehead atoms. The van der Waals surface area contributed by atoms with Crippen LogP contribution < -0.4 is 10.5 Å². The highest BCUT2D eigenvalue weighted by molar-refractivity contribution is 8.26.